The smallest absolute Gasteiger partial charge is 0.227 e. The normalized spacial score (nSPS) is 10.7. The quantitative estimate of drug-likeness (QED) is 0.573. The minimum Gasteiger partial charge on any atom is -0.312 e. The summed E-state index contributed by atoms with van der Waals surface area (Å²) in [5, 5.41) is 0. The second-order valence-corrected chi connectivity index (χ2v) is 6.50. The van der Waals surface area contributed by atoms with Gasteiger partial charge in [-0.15, -0.1) is 0 Å². The standard InChI is InChI=1S/C24H25NO/c1-3-25(23-17-11-10-12-19(23)2)24(26)18-22(20-13-6-4-7-14-20)21-15-8-5-9-16-21/h4-17,22H,3,18H2,1-2H3. The maximum absolute atomic E-state index is 13.2. The highest BCUT2D eigenvalue weighted by Crippen LogP contribution is 2.30. The van der Waals surface area contributed by atoms with Gasteiger partial charge in [-0.25, -0.2) is 0 Å². The summed E-state index contributed by atoms with van der Waals surface area (Å²) in [4.78, 5) is 15.1. The number of hydrogen-bond acceptors (Lipinski definition) is 1. The molecule has 26 heavy (non-hydrogen) atoms. The largest absolute Gasteiger partial charge is 0.312 e. The van der Waals surface area contributed by atoms with Gasteiger partial charge >= 0.3 is 0 Å². The van der Waals surface area contributed by atoms with Crippen LogP contribution in [0.4, 0.5) is 5.69 Å². The number of amides is 1. The Balaban J connectivity index is 1.91. The van der Waals surface area contributed by atoms with Gasteiger partial charge in [0.15, 0.2) is 0 Å². The molecule has 0 aliphatic rings. The van der Waals surface area contributed by atoms with Crippen molar-refractivity contribution in [1.82, 2.24) is 0 Å². The summed E-state index contributed by atoms with van der Waals surface area (Å²) >= 11 is 0. The molecule has 0 aromatic heterocycles. The highest BCUT2D eigenvalue weighted by Gasteiger charge is 2.22. The topological polar surface area (TPSA) is 20.3 Å². The number of aryl methyl sites for hydroxylation is 1. The predicted octanol–water partition coefficient (Wildman–Crippen LogP) is 5.57. The van der Waals surface area contributed by atoms with Crippen LogP contribution in [-0.4, -0.2) is 12.5 Å². The maximum atomic E-state index is 13.2. The van der Waals surface area contributed by atoms with Crippen LogP contribution in [0.15, 0.2) is 84.9 Å². The Hall–Kier alpha value is -2.87. The van der Waals surface area contributed by atoms with E-state index in [4.69, 9.17) is 0 Å². The van der Waals surface area contributed by atoms with E-state index in [1.165, 1.54) is 11.1 Å². The summed E-state index contributed by atoms with van der Waals surface area (Å²) in [6, 6.07) is 28.7. The fourth-order valence-corrected chi connectivity index (χ4v) is 3.43. The second kappa shape index (κ2) is 8.48. The minimum absolute atomic E-state index is 0.0583. The molecule has 0 heterocycles. The lowest BCUT2D eigenvalue weighted by Gasteiger charge is -2.26. The number of carbonyl (C=O) groups excluding carboxylic acids is 1. The molecule has 0 atom stereocenters. The Kier molecular flexibility index (Phi) is 5.85. The molecule has 2 nitrogen and oxygen atoms in total. The van der Waals surface area contributed by atoms with Crippen molar-refractivity contribution in [2.24, 2.45) is 0 Å². The Morgan fingerprint density at radius 1 is 0.808 bits per heavy atom. The highest BCUT2D eigenvalue weighted by atomic mass is 16.2. The molecule has 0 radical (unpaired) electrons. The lowest BCUT2D eigenvalue weighted by atomic mass is 9.88. The van der Waals surface area contributed by atoms with E-state index in [1.807, 2.05) is 66.4 Å². The fourth-order valence-electron chi connectivity index (χ4n) is 3.43. The molecule has 0 fully saturated rings. The van der Waals surface area contributed by atoms with Gasteiger partial charge in [0.2, 0.25) is 5.91 Å². The van der Waals surface area contributed by atoms with Crippen LogP contribution in [0.5, 0.6) is 0 Å². The van der Waals surface area contributed by atoms with Gasteiger partial charge in [0.25, 0.3) is 0 Å². The SMILES string of the molecule is CCN(C(=O)CC(c1ccccc1)c1ccccc1)c1ccccc1C. The number of rotatable bonds is 6. The summed E-state index contributed by atoms with van der Waals surface area (Å²) in [5.74, 6) is 0.211. The first-order valence-corrected chi connectivity index (χ1v) is 9.16. The van der Waals surface area contributed by atoms with Gasteiger partial charge in [0.1, 0.15) is 0 Å². The molecule has 3 rings (SSSR count). The molecule has 3 aromatic rings. The summed E-state index contributed by atoms with van der Waals surface area (Å²) in [6.45, 7) is 4.75. The van der Waals surface area contributed by atoms with Crippen LogP contribution in [0.2, 0.25) is 0 Å². The van der Waals surface area contributed by atoms with Crippen molar-refractivity contribution < 1.29 is 4.79 Å². The molecule has 2 heteroatoms. The van der Waals surface area contributed by atoms with Crippen molar-refractivity contribution in [2.75, 3.05) is 11.4 Å². The van der Waals surface area contributed by atoms with Crippen molar-refractivity contribution >= 4 is 11.6 Å². The van der Waals surface area contributed by atoms with Crippen molar-refractivity contribution in [3.8, 4) is 0 Å². The van der Waals surface area contributed by atoms with E-state index in [-0.39, 0.29) is 11.8 Å². The zero-order valence-corrected chi connectivity index (χ0v) is 15.4. The average Bonchev–Trinajstić information content (AvgIpc) is 2.69. The zero-order valence-electron chi connectivity index (χ0n) is 15.4. The van der Waals surface area contributed by atoms with Gasteiger partial charge in [0, 0.05) is 24.6 Å². The number of carbonyl (C=O) groups is 1. The number of anilines is 1. The van der Waals surface area contributed by atoms with E-state index in [0.29, 0.717) is 13.0 Å². The number of nitrogens with zero attached hydrogens (tertiary/aromatic N) is 1. The molecule has 0 aliphatic carbocycles. The van der Waals surface area contributed by atoms with Crippen LogP contribution < -0.4 is 4.90 Å². The third kappa shape index (κ3) is 4.02. The Bertz CT molecular complexity index is 803. The highest BCUT2D eigenvalue weighted by molar-refractivity contribution is 5.94. The van der Waals surface area contributed by atoms with E-state index in [9.17, 15) is 4.79 Å². The van der Waals surface area contributed by atoms with Crippen molar-refractivity contribution in [3.63, 3.8) is 0 Å². The molecule has 0 N–H and O–H groups in total. The molecule has 132 valence electrons. The van der Waals surface area contributed by atoms with E-state index < -0.39 is 0 Å². The summed E-state index contributed by atoms with van der Waals surface area (Å²) in [5.41, 5.74) is 4.47. The van der Waals surface area contributed by atoms with Crippen molar-refractivity contribution in [3.05, 3.63) is 102 Å². The van der Waals surface area contributed by atoms with Gasteiger partial charge in [-0.1, -0.05) is 78.9 Å². The Morgan fingerprint density at radius 3 is 1.81 bits per heavy atom. The summed E-state index contributed by atoms with van der Waals surface area (Å²) < 4.78 is 0. The first-order chi connectivity index (χ1) is 12.7. The van der Waals surface area contributed by atoms with Crippen molar-refractivity contribution in [2.45, 2.75) is 26.2 Å². The van der Waals surface area contributed by atoms with Gasteiger partial charge < -0.3 is 4.90 Å². The first kappa shape index (κ1) is 17.9. The van der Waals surface area contributed by atoms with Crippen LogP contribution in [0.25, 0.3) is 0 Å². The summed E-state index contributed by atoms with van der Waals surface area (Å²) in [7, 11) is 0. The van der Waals surface area contributed by atoms with Gasteiger partial charge in [-0.3, -0.25) is 4.79 Å². The van der Waals surface area contributed by atoms with E-state index in [2.05, 4.69) is 37.3 Å². The zero-order chi connectivity index (χ0) is 18.4. The first-order valence-electron chi connectivity index (χ1n) is 9.16. The Labute approximate surface area is 156 Å². The predicted molar refractivity (Wildman–Crippen MR) is 109 cm³/mol. The molecule has 0 spiro atoms. The van der Waals surface area contributed by atoms with E-state index in [1.54, 1.807) is 0 Å². The monoisotopic (exact) mass is 343 g/mol. The van der Waals surface area contributed by atoms with Crippen LogP contribution in [0.3, 0.4) is 0 Å². The minimum atomic E-state index is 0.0583. The third-order valence-corrected chi connectivity index (χ3v) is 4.81. The van der Waals surface area contributed by atoms with Crippen LogP contribution in [-0.2, 0) is 4.79 Å². The molecule has 1 amide bonds. The molecular weight excluding hydrogens is 318 g/mol. The number of para-hydroxylation sites is 1. The van der Waals surface area contributed by atoms with Gasteiger partial charge in [0.05, 0.1) is 0 Å². The fraction of sp³-hybridized carbons (Fsp3) is 0.208. The van der Waals surface area contributed by atoms with Gasteiger partial charge in [-0.2, -0.15) is 0 Å². The Morgan fingerprint density at radius 2 is 1.31 bits per heavy atom. The van der Waals surface area contributed by atoms with Crippen LogP contribution >= 0.6 is 0 Å². The van der Waals surface area contributed by atoms with Crippen LogP contribution in [0, 0.1) is 6.92 Å². The van der Waals surface area contributed by atoms with Crippen LogP contribution in [0.1, 0.15) is 36.0 Å². The number of hydrogen-bond donors (Lipinski definition) is 0. The third-order valence-electron chi connectivity index (χ3n) is 4.81. The molecular formula is C24H25NO. The van der Waals surface area contributed by atoms with E-state index in [0.717, 1.165) is 11.3 Å². The second-order valence-electron chi connectivity index (χ2n) is 6.50. The number of benzene rings is 3. The van der Waals surface area contributed by atoms with E-state index >= 15 is 0 Å². The lowest BCUT2D eigenvalue weighted by molar-refractivity contribution is -0.118. The summed E-state index contributed by atoms with van der Waals surface area (Å²) in [6.07, 6.45) is 0.455. The molecule has 0 aliphatic heterocycles. The molecule has 0 bridgehead atoms. The maximum Gasteiger partial charge on any atom is 0.227 e. The molecule has 3 aromatic carbocycles. The molecule has 0 saturated heterocycles. The average molecular weight is 343 g/mol. The molecule has 0 saturated carbocycles. The van der Waals surface area contributed by atoms with Crippen molar-refractivity contribution in [1.29, 1.82) is 0 Å². The van der Waals surface area contributed by atoms with Gasteiger partial charge in [-0.05, 0) is 36.6 Å². The molecule has 0 unspecified atom stereocenters. The lowest BCUT2D eigenvalue weighted by Crippen LogP contribution is -2.32.